The molecule has 0 spiro atoms. The molecule has 1 heterocycles. The standard InChI is InChI=1S/C17H21FN2O/c1-13-5-6-15(10-16(13)18)17(21)7-9-20(2)12-14-4-3-8-19-11-14/h3-6,8,10-11,17,21H,7,9,12H2,1-2H3. The molecule has 1 aromatic heterocycles. The average molecular weight is 288 g/mol. The molecule has 2 rings (SSSR count). The van der Waals surface area contributed by atoms with Gasteiger partial charge in [-0.2, -0.15) is 0 Å². The van der Waals surface area contributed by atoms with Crippen LogP contribution in [0, 0.1) is 12.7 Å². The fourth-order valence-corrected chi connectivity index (χ4v) is 2.21. The van der Waals surface area contributed by atoms with Gasteiger partial charge in [-0.1, -0.05) is 18.2 Å². The van der Waals surface area contributed by atoms with Gasteiger partial charge in [0.25, 0.3) is 0 Å². The van der Waals surface area contributed by atoms with Crippen molar-refractivity contribution in [3.8, 4) is 0 Å². The highest BCUT2D eigenvalue weighted by Gasteiger charge is 2.11. The van der Waals surface area contributed by atoms with Gasteiger partial charge in [-0.3, -0.25) is 4.98 Å². The molecule has 0 amide bonds. The summed E-state index contributed by atoms with van der Waals surface area (Å²) in [5, 5.41) is 10.1. The first-order chi connectivity index (χ1) is 10.1. The van der Waals surface area contributed by atoms with Crippen molar-refractivity contribution >= 4 is 0 Å². The molecule has 0 saturated carbocycles. The zero-order chi connectivity index (χ0) is 15.2. The number of pyridine rings is 1. The zero-order valence-electron chi connectivity index (χ0n) is 12.5. The molecule has 0 saturated heterocycles. The summed E-state index contributed by atoms with van der Waals surface area (Å²) in [6, 6.07) is 8.83. The van der Waals surface area contributed by atoms with E-state index in [1.54, 1.807) is 25.3 Å². The second-order valence-corrected chi connectivity index (χ2v) is 5.41. The first-order valence-electron chi connectivity index (χ1n) is 7.08. The average Bonchev–Trinajstić information content (AvgIpc) is 2.48. The van der Waals surface area contributed by atoms with Gasteiger partial charge in [0, 0.05) is 25.5 Å². The van der Waals surface area contributed by atoms with Crippen molar-refractivity contribution < 1.29 is 9.50 Å². The quantitative estimate of drug-likeness (QED) is 0.887. The molecule has 0 radical (unpaired) electrons. The maximum absolute atomic E-state index is 13.5. The van der Waals surface area contributed by atoms with Gasteiger partial charge in [0.05, 0.1) is 6.10 Å². The van der Waals surface area contributed by atoms with Crippen molar-refractivity contribution in [1.29, 1.82) is 0 Å². The van der Waals surface area contributed by atoms with Crippen molar-refractivity contribution in [3.05, 3.63) is 65.2 Å². The van der Waals surface area contributed by atoms with Crippen LogP contribution in [0.15, 0.2) is 42.7 Å². The van der Waals surface area contributed by atoms with E-state index in [1.165, 1.54) is 6.07 Å². The van der Waals surface area contributed by atoms with Gasteiger partial charge in [-0.05, 0) is 49.2 Å². The lowest BCUT2D eigenvalue weighted by atomic mass is 10.0. The molecular weight excluding hydrogens is 267 g/mol. The van der Waals surface area contributed by atoms with Gasteiger partial charge in [0.2, 0.25) is 0 Å². The third-order valence-electron chi connectivity index (χ3n) is 3.54. The number of aromatic nitrogens is 1. The summed E-state index contributed by atoms with van der Waals surface area (Å²) in [6.07, 6.45) is 3.51. The highest BCUT2D eigenvalue weighted by Crippen LogP contribution is 2.19. The minimum atomic E-state index is -0.642. The Bertz CT molecular complexity index is 574. The summed E-state index contributed by atoms with van der Waals surface area (Å²) in [5.74, 6) is -0.268. The van der Waals surface area contributed by atoms with Crippen LogP contribution in [0.2, 0.25) is 0 Å². The van der Waals surface area contributed by atoms with Crippen LogP contribution in [0.5, 0.6) is 0 Å². The minimum Gasteiger partial charge on any atom is -0.388 e. The number of aryl methyl sites for hydroxylation is 1. The Morgan fingerprint density at radius 2 is 2.14 bits per heavy atom. The molecule has 3 nitrogen and oxygen atoms in total. The van der Waals surface area contributed by atoms with Crippen LogP contribution in [-0.4, -0.2) is 28.6 Å². The molecule has 1 unspecified atom stereocenters. The van der Waals surface area contributed by atoms with Crippen LogP contribution in [0.4, 0.5) is 4.39 Å². The van der Waals surface area contributed by atoms with E-state index in [1.807, 2.05) is 25.4 Å². The molecule has 2 aromatic rings. The van der Waals surface area contributed by atoms with E-state index in [9.17, 15) is 9.50 Å². The van der Waals surface area contributed by atoms with Crippen molar-refractivity contribution in [2.45, 2.75) is 26.0 Å². The molecule has 0 bridgehead atoms. The second-order valence-electron chi connectivity index (χ2n) is 5.41. The first kappa shape index (κ1) is 15.6. The first-order valence-corrected chi connectivity index (χ1v) is 7.08. The molecule has 0 aliphatic heterocycles. The third-order valence-corrected chi connectivity index (χ3v) is 3.54. The normalized spacial score (nSPS) is 12.6. The fourth-order valence-electron chi connectivity index (χ4n) is 2.21. The van der Waals surface area contributed by atoms with Gasteiger partial charge in [-0.25, -0.2) is 4.39 Å². The number of rotatable bonds is 6. The largest absolute Gasteiger partial charge is 0.388 e. The van der Waals surface area contributed by atoms with E-state index < -0.39 is 6.10 Å². The number of hydrogen-bond donors (Lipinski definition) is 1. The molecule has 1 N–H and O–H groups in total. The number of benzene rings is 1. The molecule has 1 aromatic carbocycles. The van der Waals surface area contributed by atoms with E-state index in [4.69, 9.17) is 0 Å². The van der Waals surface area contributed by atoms with E-state index >= 15 is 0 Å². The molecular formula is C17H21FN2O. The Hall–Kier alpha value is -1.78. The smallest absolute Gasteiger partial charge is 0.126 e. The number of halogens is 1. The summed E-state index contributed by atoms with van der Waals surface area (Å²) in [7, 11) is 2.00. The summed E-state index contributed by atoms with van der Waals surface area (Å²) < 4.78 is 13.5. The molecule has 1 atom stereocenters. The fraction of sp³-hybridized carbons (Fsp3) is 0.353. The van der Waals surface area contributed by atoms with Crippen molar-refractivity contribution in [2.24, 2.45) is 0 Å². The van der Waals surface area contributed by atoms with Crippen LogP contribution in [0.1, 0.15) is 29.2 Å². The highest BCUT2D eigenvalue weighted by atomic mass is 19.1. The predicted octanol–water partition coefficient (Wildman–Crippen LogP) is 3.08. The van der Waals surface area contributed by atoms with Crippen LogP contribution in [0.25, 0.3) is 0 Å². The Balaban J connectivity index is 1.85. The monoisotopic (exact) mass is 288 g/mol. The zero-order valence-corrected chi connectivity index (χ0v) is 12.5. The summed E-state index contributed by atoms with van der Waals surface area (Å²) in [4.78, 5) is 6.20. The number of aliphatic hydroxyl groups is 1. The van der Waals surface area contributed by atoms with Crippen LogP contribution in [-0.2, 0) is 6.54 Å². The Labute approximate surface area is 125 Å². The van der Waals surface area contributed by atoms with Gasteiger partial charge in [0.1, 0.15) is 5.82 Å². The number of nitrogens with zero attached hydrogens (tertiary/aromatic N) is 2. The minimum absolute atomic E-state index is 0.268. The van der Waals surface area contributed by atoms with Crippen molar-refractivity contribution in [3.63, 3.8) is 0 Å². The topological polar surface area (TPSA) is 36.4 Å². The van der Waals surface area contributed by atoms with E-state index in [0.717, 1.165) is 18.7 Å². The van der Waals surface area contributed by atoms with Crippen molar-refractivity contribution in [2.75, 3.05) is 13.6 Å². The van der Waals surface area contributed by atoms with Crippen LogP contribution >= 0.6 is 0 Å². The maximum Gasteiger partial charge on any atom is 0.126 e. The van der Waals surface area contributed by atoms with Crippen molar-refractivity contribution in [1.82, 2.24) is 9.88 Å². The molecule has 0 aliphatic rings. The lowest BCUT2D eigenvalue weighted by molar-refractivity contribution is 0.147. The maximum atomic E-state index is 13.5. The third kappa shape index (κ3) is 4.62. The van der Waals surface area contributed by atoms with Gasteiger partial charge >= 0.3 is 0 Å². The van der Waals surface area contributed by atoms with Gasteiger partial charge in [0.15, 0.2) is 0 Å². The lowest BCUT2D eigenvalue weighted by Gasteiger charge is -2.19. The van der Waals surface area contributed by atoms with E-state index in [0.29, 0.717) is 17.5 Å². The second kappa shape index (κ2) is 7.29. The Morgan fingerprint density at radius 3 is 2.81 bits per heavy atom. The van der Waals surface area contributed by atoms with Gasteiger partial charge < -0.3 is 10.0 Å². The molecule has 112 valence electrons. The Kier molecular flexibility index (Phi) is 5.42. The summed E-state index contributed by atoms with van der Waals surface area (Å²) >= 11 is 0. The Morgan fingerprint density at radius 1 is 1.33 bits per heavy atom. The van der Waals surface area contributed by atoms with Crippen LogP contribution < -0.4 is 0 Å². The van der Waals surface area contributed by atoms with Gasteiger partial charge in [-0.15, -0.1) is 0 Å². The van der Waals surface area contributed by atoms with E-state index in [-0.39, 0.29) is 5.82 Å². The number of hydrogen-bond acceptors (Lipinski definition) is 3. The highest BCUT2D eigenvalue weighted by molar-refractivity contribution is 5.24. The molecule has 0 aliphatic carbocycles. The summed E-state index contributed by atoms with van der Waals surface area (Å²) in [6.45, 7) is 3.22. The number of aliphatic hydroxyl groups excluding tert-OH is 1. The van der Waals surface area contributed by atoms with E-state index in [2.05, 4.69) is 9.88 Å². The molecule has 21 heavy (non-hydrogen) atoms. The summed E-state index contributed by atoms with van der Waals surface area (Å²) in [5.41, 5.74) is 2.36. The molecule has 0 fully saturated rings. The van der Waals surface area contributed by atoms with Crippen LogP contribution in [0.3, 0.4) is 0 Å². The lowest BCUT2D eigenvalue weighted by Crippen LogP contribution is -2.21. The SMILES string of the molecule is Cc1ccc(C(O)CCN(C)Cc2cccnc2)cc1F. The predicted molar refractivity (Wildman–Crippen MR) is 81.3 cm³/mol. The molecule has 4 heteroatoms.